The Labute approximate surface area is 168 Å². The van der Waals surface area contributed by atoms with Crippen LogP contribution < -0.4 is 4.89 Å². The summed E-state index contributed by atoms with van der Waals surface area (Å²) in [6.45, 7) is 4.83. The van der Waals surface area contributed by atoms with Gasteiger partial charge in [-0.1, -0.05) is 104 Å². The average molecular weight is 414 g/mol. The van der Waals surface area contributed by atoms with Gasteiger partial charge >= 0.3 is 17.4 Å². The van der Waals surface area contributed by atoms with Crippen LogP contribution in [0.4, 0.5) is 0 Å². The molecule has 0 heterocycles. The van der Waals surface area contributed by atoms with Crippen molar-refractivity contribution in [2.45, 2.75) is 117 Å². The van der Waals surface area contributed by atoms with Crippen molar-refractivity contribution in [2.24, 2.45) is 0 Å². The van der Waals surface area contributed by atoms with Gasteiger partial charge in [0.15, 0.2) is 0 Å². The number of hydrogen-bond donors (Lipinski definition) is 0. The van der Waals surface area contributed by atoms with Gasteiger partial charge < -0.3 is 14.0 Å². The molecule has 0 amide bonds. The molecule has 0 N–H and O–H groups in total. The molecule has 0 saturated carbocycles. The molecule has 0 radical (unpaired) electrons. The maximum absolute atomic E-state index is 11.8. The first-order chi connectivity index (χ1) is 11.6. The van der Waals surface area contributed by atoms with E-state index in [1.807, 2.05) is 0 Å². The second kappa shape index (κ2) is 21.0. The minimum atomic E-state index is -3.58. The Balaban J connectivity index is 0. The molecule has 1 atom stereocenters. The van der Waals surface area contributed by atoms with E-state index >= 15 is 0 Å². The van der Waals surface area contributed by atoms with Gasteiger partial charge in [0.25, 0.3) is 0 Å². The summed E-state index contributed by atoms with van der Waals surface area (Å²) >= 11 is 0. The molecule has 0 aromatic carbocycles. The molecular weight excluding hydrogens is 371 g/mol. The molecule has 1 unspecified atom stereocenters. The van der Waals surface area contributed by atoms with Crippen LogP contribution in [0.3, 0.4) is 0 Å². The molecule has 0 spiro atoms. The Morgan fingerprint density at radius 1 is 0.640 bits per heavy atom. The number of hydrogen-bond acceptors (Lipinski definition) is 3. The van der Waals surface area contributed by atoms with Crippen molar-refractivity contribution in [1.29, 1.82) is 0 Å². The van der Waals surface area contributed by atoms with E-state index in [9.17, 15) is 9.46 Å². The van der Waals surface area contributed by atoms with Crippen LogP contribution in [0.5, 0.6) is 0 Å². The Hall–Kier alpha value is 0.682. The SMILES string of the molecule is CCCCCCCCCCOP(=O)([O-])CCCCCCCCCC.[Cr+2]. The van der Waals surface area contributed by atoms with Gasteiger partial charge in [0.05, 0.1) is 6.61 Å². The van der Waals surface area contributed by atoms with Gasteiger partial charge in [0.2, 0.25) is 0 Å². The Bertz CT molecular complexity index is 301. The molecule has 25 heavy (non-hydrogen) atoms. The van der Waals surface area contributed by atoms with Gasteiger partial charge in [-0.05, 0) is 12.8 Å². The van der Waals surface area contributed by atoms with Crippen LogP contribution >= 0.6 is 7.60 Å². The van der Waals surface area contributed by atoms with Crippen LogP contribution in [0, 0.1) is 0 Å². The zero-order valence-corrected chi connectivity index (χ0v) is 19.0. The summed E-state index contributed by atoms with van der Waals surface area (Å²) in [5, 5.41) is 0. The maximum atomic E-state index is 11.8. The van der Waals surface area contributed by atoms with Crippen LogP contribution in [-0.4, -0.2) is 12.8 Å². The predicted molar refractivity (Wildman–Crippen MR) is 104 cm³/mol. The third-order valence-corrected chi connectivity index (χ3v) is 6.01. The van der Waals surface area contributed by atoms with E-state index in [-0.39, 0.29) is 23.5 Å². The minimum Gasteiger partial charge on any atom is -0.778 e. The fourth-order valence-electron chi connectivity index (χ4n) is 2.94. The molecule has 150 valence electrons. The third kappa shape index (κ3) is 22.6. The Morgan fingerprint density at radius 2 is 1.00 bits per heavy atom. The summed E-state index contributed by atoms with van der Waals surface area (Å²) in [6.07, 6.45) is 19.3. The van der Waals surface area contributed by atoms with Gasteiger partial charge in [0.1, 0.15) is 7.60 Å². The van der Waals surface area contributed by atoms with Crippen molar-refractivity contribution in [3.63, 3.8) is 0 Å². The standard InChI is InChI=1S/C20H43O3P.Cr/c1-3-5-7-9-11-13-15-17-19-23-24(21,22)20-18-16-14-12-10-8-6-4-2;/h3-20H2,1-2H3,(H,21,22);/q;+2/p-1. The van der Waals surface area contributed by atoms with E-state index in [0.717, 1.165) is 32.1 Å². The van der Waals surface area contributed by atoms with Crippen molar-refractivity contribution in [3.05, 3.63) is 0 Å². The summed E-state index contributed by atoms with van der Waals surface area (Å²) in [6, 6.07) is 0. The quantitative estimate of drug-likeness (QED) is 0.172. The summed E-state index contributed by atoms with van der Waals surface area (Å²) in [4.78, 5) is 11.8. The largest absolute Gasteiger partial charge is 2.00 e. The fourth-order valence-corrected chi connectivity index (χ4v) is 4.09. The van der Waals surface area contributed by atoms with Gasteiger partial charge in [-0.2, -0.15) is 0 Å². The van der Waals surface area contributed by atoms with E-state index in [1.54, 1.807) is 0 Å². The molecule has 0 aliphatic heterocycles. The second-order valence-corrected chi connectivity index (χ2v) is 9.04. The van der Waals surface area contributed by atoms with Gasteiger partial charge in [-0.25, -0.2) is 0 Å². The molecule has 0 aromatic rings. The van der Waals surface area contributed by atoms with Crippen molar-refractivity contribution >= 4 is 7.60 Å². The zero-order valence-electron chi connectivity index (χ0n) is 16.8. The summed E-state index contributed by atoms with van der Waals surface area (Å²) in [5.41, 5.74) is 0. The molecule has 5 heteroatoms. The van der Waals surface area contributed by atoms with E-state index in [1.165, 1.54) is 70.6 Å². The number of unbranched alkanes of at least 4 members (excludes halogenated alkanes) is 14. The molecule has 0 saturated heterocycles. The van der Waals surface area contributed by atoms with E-state index in [0.29, 0.717) is 6.61 Å². The predicted octanol–water partition coefficient (Wildman–Crippen LogP) is 6.84. The van der Waals surface area contributed by atoms with Gasteiger partial charge in [0, 0.05) is 6.16 Å². The second-order valence-electron chi connectivity index (χ2n) is 7.12. The Morgan fingerprint density at radius 3 is 1.44 bits per heavy atom. The molecule has 0 aliphatic rings. The maximum Gasteiger partial charge on any atom is 2.00 e. The third-order valence-electron chi connectivity index (χ3n) is 4.57. The van der Waals surface area contributed by atoms with Crippen molar-refractivity contribution in [3.8, 4) is 0 Å². The molecule has 0 aliphatic carbocycles. The van der Waals surface area contributed by atoms with Crippen molar-refractivity contribution < 1.29 is 31.3 Å². The topological polar surface area (TPSA) is 49.4 Å². The first-order valence-electron chi connectivity index (χ1n) is 10.6. The van der Waals surface area contributed by atoms with Crippen LogP contribution in [-0.2, 0) is 26.4 Å². The van der Waals surface area contributed by atoms with Gasteiger partial charge in [-0.15, -0.1) is 0 Å². The van der Waals surface area contributed by atoms with Crippen LogP contribution in [0.2, 0.25) is 0 Å². The molecular formula is C20H42CrO3P+. The van der Waals surface area contributed by atoms with Crippen LogP contribution in [0.15, 0.2) is 0 Å². The Kier molecular flexibility index (Phi) is 23.4. The van der Waals surface area contributed by atoms with Crippen molar-refractivity contribution in [1.82, 2.24) is 0 Å². The monoisotopic (exact) mass is 413 g/mol. The van der Waals surface area contributed by atoms with Crippen LogP contribution in [0.1, 0.15) is 117 Å². The van der Waals surface area contributed by atoms with E-state index in [4.69, 9.17) is 4.52 Å². The first-order valence-corrected chi connectivity index (χ1v) is 12.3. The number of rotatable bonds is 19. The molecule has 0 aromatic heterocycles. The van der Waals surface area contributed by atoms with E-state index < -0.39 is 7.60 Å². The minimum absolute atomic E-state index is 0. The molecule has 3 nitrogen and oxygen atoms in total. The summed E-state index contributed by atoms with van der Waals surface area (Å²) in [5.74, 6) is 0. The van der Waals surface area contributed by atoms with Crippen molar-refractivity contribution in [2.75, 3.05) is 12.8 Å². The molecule has 0 bridgehead atoms. The molecule has 0 fully saturated rings. The first kappa shape index (κ1) is 27.9. The van der Waals surface area contributed by atoms with E-state index in [2.05, 4.69) is 13.8 Å². The zero-order chi connectivity index (χ0) is 17.9. The molecule has 0 rings (SSSR count). The van der Waals surface area contributed by atoms with Crippen LogP contribution in [0.25, 0.3) is 0 Å². The average Bonchev–Trinajstić information content (AvgIpc) is 2.55. The van der Waals surface area contributed by atoms with Gasteiger partial charge in [-0.3, -0.25) is 0 Å². The fraction of sp³-hybridized carbons (Fsp3) is 1.00. The summed E-state index contributed by atoms with van der Waals surface area (Å²) < 4.78 is 17.0. The normalized spacial score (nSPS) is 13.4. The smallest absolute Gasteiger partial charge is 0.778 e. The summed E-state index contributed by atoms with van der Waals surface area (Å²) in [7, 11) is -3.58.